The highest BCUT2D eigenvalue weighted by molar-refractivity contribution is 5.76. The van der Waals surface area contributed by atoms with Crippen molar-refractivity contribution in [3.05, 3.63) is 36.5 Å². The zero-order valence-electron chi connectivity index (χ0n) is 40.6. The number of aliphatic hydroxyl groups is 2. The zero-order chi connectivity index (χ0) is 44.4. The fourth-order valence-corrected chi connectivity index (χ4v) is 7.96. The molecule has 0 rings (SSSR count). The number of aliphatic hydroxyl groups excluding tert-OH is 2. The lowest BCUT2D eigenvalue weighted by atomic mass is 10.0. The summed E-state index contributed by atoms with van der Waals surface area (Å²) in [6, 6.07) is -0.640. The van der Waals surface area contributed by atoms with Gasteiger partial charge in [-0.3, -0.25) is 9.59 Å². The average Bonchev–Trinajstić information content (AvgIpc) is 3.26. The van der Waals surface area contributed by atoms with Crippen LogP contribution in [0.4, 0.5) is 0 Å². The lowest BCUT2D eigenvalue weighted by Gasteiger charge is -2.20. The number of rotatable bonds is 49. The molecule has 0 spiro atoms. The predicted octanol–water partition coefficient (Wildman–Crippen LogP) is 16.1. The maximum absolute atomic E-state index is 12.4. The molecular weight excluding hydrogens is 755 g/mol. The largest absolute Gasteiger partial charge is 0.466 e. The van der Waals surface area contributed by atoms with E-state index in [-0.39, 0.29) is 18.5 Å². The molecule has 61 heavy (non-hydrogen) atoms. The van der Waals surface area contributed by atoms with Gasteiger partial charge in [-0.25, -0.2) is 0 Å². The molecule has 0 aromatic carbocycles. The fourth-order valence-electron chi connectivity index (χ4n) is 7.96. The van der Waals surface area contributed by atoms with Gasteiger partial charge < -0.3 is 20.3 Å². The molecule has 0 saturated heterocycles. The molecular formula is C55H103NO5. The van der Waals surface area contributed by atoms with Crippen molar-refractivity contribution in [2.75, 3.05) is 13.2 Å². The van der Waals surface area contributed by atoms with E-state index in [2.05, 4.69) is 43.5 Å². The maximum atomic E-state index is 12.4. The number of amides is 1. The molecule has 0 bridgehead atoms. The molecule has 358 valence electrons. The van der Waals surface area contributed by atoms with Crippen molar-refractivity contribution in [2.24, 2.45) is 0 Å². The van der Waals surface area contributed by atoms with E-state index >= 15 is 0 Å². The second-order valence-electron chi connectivity index (χ2n) is 18.2. The van der Waals surface area contributed by atoms with Crippen LogP contribution in [-0.4, -0.2) is 47.4 Å². The Kier molecular flexibility index (Phi) is 49.1. The van der Waals surface area contributed by atoms with Crippen LogP contribution in [0, 0.1) is 0 Å². The number of carbonyl (C=O) groups excluding carboxylic acids is 2. The van der Waals surface area contributed by atoms with E-state index in [0.29, 0.717) is 19.4 Å². The predicted molar refractivity (Wildman–Crippen MR) is 264 cm³/mol. The van der Waals surface area contributed by atoms with Gasteiger partial charge in [0.15, 0.2) is 0 Å². The molecule has 0 aliphatic heterocycles. The Balaban J connectivity index is 3.52. The molecule has 0 fully saturated rings. The Labute approximate surface area is 379 Å². The first kappa shape index (κ1) is 59.1. The number of unbranched alkanes of at least 4 members (excludes halogenated alkanes) is 34. The van der Waals surface area contributed by atoms with Crippen LogP contribution < -0.4 is 5.32 Å². The highest BCUT2D eigenvalue weighted by atomic mass is 16.5. The first-order chi connectivity index (χ1) is 30.0. The summed E-state index contributed by atoms with van der Waals surface area (Å²) in [5, 5.41) is 23.1. The Morgan fingerprint density at radius 2 is 0.787 bits per heavy atom. The van der Waals surface area contributed by atoms with E-state index in [1.165, 1.54) is 186 Å². The van der Waals surface area contributed by atoms with E-state index in [1.54, 1.807) is 6.08 Å². The van der Waals surface area contributed by atoms with Crippen LogP contribution in [-0.2, 0) is 14.3 Å². The fraction of sp³-hybridized carbons (Fsp3) is 0.855. The number of hydrogen-bond donors (Lipinski definition) is 3. The summed E-state index contributed by atoms with van der Waals surface area (Å²) in [5.74, 6) is -0.100. The first-order valence-electron chi connectivity index (χ1n) is 26.8. The van der Waals surface area contributed by atoms with Gasteiger partial charge in [-0.05, 0) is 77.0 Å². The van der Waals surface area contributed by atoms with E-state index in [9.17, 15) is 19.8 Å². The van der Waals surface area contributed by atoms with Crippen molar-refractivity contribution < 1.29 is 24.5 Å². The van der Waals surface area contributed by atoms with Crippen molar-refractivity contribution in [3.63, 3.8) is 0 Å². The smallest absolute Gasteiger partial charge is 0.305 e. The molecule has 0 saturated carbocycles. The van der Waals surface area contributed by atoms with Crippen LogP contribution in [0.5, 0.6) is 0 Å². The van der Waals surface area contributed by atoms with Gasteiger partial charge in [0, 0.05) is 12.8 Å². The first-order valence-corrected chi connectivity index (χ1v) is 26.8. The highest BCUT2D eigenvalue weighted by Gasteiger charge is 2.18. The number of ether oxygens (including phenoxy) is 1. The van der Waals surface area contributed by atoms with Crippen LogP contribution in [0.25, 0.3) is 0 Å². The minimum Gasteiger partial charge on any atom is -0.466 e. The molecule has 0 aromatic heterocycles. The summed E-state index contributed by atoms with van der Waals surface area (Å²) in [5.41, 5.74) is 0. The summed E-state index contributed by atoms with van der Waals surface area (Å²) in [7, 11) is 0. The second-order valence-corrected chi connectivity index (χ2v) is 18.2. The summed E-state index contributed by atoms with van der Waals surface area (Å²) >= 11 is 0. The molecule has 1 amide bonds. The van der Waals surface area contributed by atoms with E-state index in [4.69, 9.17) is 4.74 Å². The maximum Gasteiger partial charge on any atom is 0.305 e. The second kappa shape index (κ2) is 50.7. The van der Waals surface area contributed by atoms with Crippen molar-refractivity contribution in [3.8, 4) is 0 Å². The van der Waals surface area contributed by atoms with Crippen LogP contribution in [0.1, 0.15) is 277 Å². The molecule has 6 nitrogen and oxygen atoms in total. The summed E-state index contributed by atoms with van der Waals surface area (Å²) in [4.78, 5) is 24.4. The standard InChI is InChI=1S/C55H103NO5/c1-3-5-7-9-11-13-15-16-17-18-21-24-28-31-35-39-43-47-53(58)52(51-57)56-54(59)48-44-40-36-32-29-25-22-19-20-23-26-30-34-38-42-46-50-61-55(60)49-45-41-37-33-27-14-12-10-8-6-4-2/h10,12,19,22,43,47,52-53,57-58H,3-9,11,13-18,20-21,23-42,44-46,48-51H2,1-2H3,(H,56,59)/b12-10-,22-19-,47-43+. The molecule has 3 N–H and O–H groups in total. The van der Waals surface area contributed by atoms with Gasteiger partial charge in [0.25, 0.3) is 0 Å². The Morgan fingerprint density at radius 3 is 1.21 bits per heavy atom. The van der Waals surface area contributed by atoms with Gasteiger partial charge in [-0.1, -0.05) is 224 Å². The lowest BCUT2D eigenvalue weighted by molar-refractivity contribution is -0.143. The zero-order valence-corrected chi connectivity index (χ0v) is 40.6. The lowest BCUT2D eigenvalue weighted by Crippen LogP contribution is -2.45. The monoisotopic (exact) mass is 858 g/mol. The minimum atomic E-state index is -0.855. The van der Waals surface area contributed by atoms with E-state index in [0.717, 1.165) is 64.2 Å². The summed E-state index contributed by atoms with van der Waals surface area (Å²) < 4.78 is 5.44. The number of esters is 1. The van der Waals surface area contributed by atoms with Crippen molar-refractivity contribution in [1.82, 2.24) is 5.32 Å². The van der Waals surface area contributed by atoms with Gasteiger partial charge in [0.2, 0.25) is 5.91 Å². The van der Waals surface area contributed by atoms with Gasteiger partial charge >= 0.3 is 5.97 Å². The third-order valence-corrected chi connectivity index (χ3v) is 12.1. The highest BCUT2D eigenvalue weighted by Crippen LogP contribution is 2.15. The third-order valence-electron chi connectivity index (χ3n) is 12.1. The Bertz CT molecular complexity index is 993. The SMILES string of the molecule is CCCC/C=C\CCCCCCCC(=O)OCCCCCCCCC/C=C\CCCCCCCC(=O)NC(CO)C(O)/C=C/CCCCCCCCCCCCCCCCC. The van der Waals surface area contributed by atoms with Gasteiger partial charge in [-0.2, -0.15) is 0 Å². The minimum absolute atomic E-state index is 0.0154. The molecule has 2 atom stereocenters. The quantitative estimate of drug-likeness (QED) is 0.0322. The van der Waals surface area contributed by atoms with Crippen LogP contribution in [0.2, 0.25) is 0 Å². The summed E-state index contributed by atoms with van der Waals surface area (Å²) in [6.45, 7) is 4.84. The number of nitrogens with one attached hydrogen (secondary N) is 1. The number of carbonyl (C=O) groups is 2. The van der Waals surface area contributed by atoms with Crippen LogP contribution in [0.3, 0.4) is 0 Å². The van der Waals surface area contributed by atoms with Crippen molar-refractivity contribution in [2.45, 2.75) is 289 Å². The number of allylic oxidation sites excluding steroid dienone is 5. The van der Waals surface area contributed by atoms with Gasteiger partial charge in [0.1, 0.15) is 0 Å². The molecule has 0 aromatic rings. The molecule has 0 aliphatic rings. The Hall–Kier alpha value is -1.92. The van der Waals surface area contributed by atoms with Gasteiger partial charge in [0.05, 0.1) is 25.4 Å². The van der Waals surface area contributed by atoms with Gasteiger partial charge in [-0.15, -0.1) is 0 Å². The van der Waals surface area contributed by atoms with Crippen molar-refractivity contribution in [1.29, 1.82) is 0 Å². The molecule has 0 heterocycles. The normalized spacial score (nSPS) is 12.9. The molecule has 0 aliphatic carbocycles. The Morgan fingerprint density at radius 1 is 0.443 bits per heavy atom. The van der Waals surface area contributed by atoms with Crippen LogP contribution >= 0.6 is 0 Å². The topological polar surface area (TPSA) is 95.9 Å². The van der Waals surface area contributed by atoms with Crippen LogP contribution in [0.15, 0.2) is 36.5 Å². The molecule has 2 unspecified atom stereocenters. The number of hydrogen-bond acceptors (Lipinski definition) is 5. The van der Waals surface area contributed by atoms with Crippen molar-refractivity contribution >= 4 is 11.9 Å². The third kappa shape index (κ3) is 47.4. The van der Waals surface area contributed by atoms with E-state index < -0.39 is 12.1 Å². The summed E-state index contributed by atoms with van der Waals surface area (Å²) in [6.07, 6.45) is 61.5. The molecule has 6 heteroatoms. The molecule has 0 radical (unpaired) electrons. The average molecular weight is 858 g/mol. The van der Waals surface area contributed by atoms with E-state index in [1.807, 2.05) is 6.08 Å².